The molecule has 0 N–H and O–H groups in total. The van der Waals surface area contributed by atoms with Crippen molar-refractivity contribution >= 4 is 15.9 Å². The van der Waals surface area contributed by atoms with Crippen LogP contribution >= 0.6 is 15.9 Å². The fourth-order valence-corrected chi connectivity index (χ4v) is 1.87. The van der Waals surface area contributed by atoms with Gasteiger partial charge in [-0.05, 0) is 24.8 Å². The lowest BCUT2D eigenvalue weighted by Gasteiger charge is -2.12. The molecule has 1 aromatic rings. The molecule has 0 aromatic heterocycles. The van der Waals surface area contributed by atoms with Crippen LogP contribution in [-0.4, -0.2) is 19.0 Å². The van der Waals surface area contributed by atoms with Gasteiger partial charge in [-0.15, -0.1) is 0 Å². The van der Waals surface area contributed by atoms with E-state index in [1.165, 1.54) is 11.1 Å². The second-order valence-electron chi connectivity index (χ2n) is 3.67. The first-order chi connectivity index (χ1) is 6.76. The Labute approximate surface area is 94.6 Å². The maximum absolute atomic E-state index is 5.16. The molecule has 2 heteroatoms. The fraction of sp³-hybridized carbons (Fsp3) is 0.500. The third-order valence-corrected chi connectivity index (χ3v) is 3.18. The summed E-state index contributed by atoms with van der Waals surface area (Å²) in [5.74, 6) is 0.572. The van der Waals surface area contributed by atoms with Crippen LogP contribution in [0.25, 0.3) is 0 Å². The molecule has 0 aliphatic heterocycles. The van der Waals surface area contributed by atoms with Crippen molar-refractivity contribution in [2.75, 3.05) is 19.0 Å². The molecule has 1 aromatic carbocycles. The predicted octanol–water partition coefficient (Wildman–Crippen LogP) is 3.20. The van der Waals surface area contributed by atoms with Gasteiger partial charge in [0.05, 0.1) is 6.61 Å². The lowest BCUT2D eigenvalue weighted by atomic mass is 10.0. The lowest BCUT2D eigenvalue weighted by Crippen LogP contribution is -2.12. The van der Waals surface area contributed by atoms with Gasteiger partial charge in [-0.2, -0.15) is 0 Å². The van der Waals surface area contributed by atoms with Gasteiger partial charge in [0.1, 0.15) is 0 Å². The summed E-state index contributed by atoms with van der Waals surface area (Å²) in [7, 11) is 1.75. The molecule has 0 saturated heterocycles. The van der Waals surface area contributed by atoms with E-state index < -0.39 is 0 Å². The molecule has 1 atom stereocenters. The monoisotopic (exact) mass is 256 g/mol. The molecule has 1 rings (SSSR count). The second-order valence-corrected chi connectivity index (χ2v) is 4.31. The molecule has 0 heterocycles. The van der Waals surface area contributed by atoms with Crippen molar-refractivity contribution in [2.24, 2.45) is 5.92 Å². The minimum absolute atomic E-state index is 0.572. The average molecular weight is 257 g/mol. The van der Waals surface area contributed by atoms with Crippen LogP contribution in [0.3, 0.4) is 0 Å². The van der Waals surface area contributed by atoms with Crippen LogP contribution in [0.4, 0.5) is 0 Å². The topological polar surface area (TPSA) is 9.23 Å². The van der Waals surface area contributed by atoms with Gasteiger partial charge in [-0.1, -0.05) is 45.8 Å². The maximum atomic E-state index is 5.16. The maximum Gasteiger partial charge on any atom is 0.0501 e. The van der Waals surface area contributed by atoms with Crippen LogP contribution in [-0.2, 0) is 11.2 Å². The Morgan fingerprint density at radius 1 is 1.29 bits per heavy atom. The Hall–Kier alpha value is -0.340. The van der Waals surface area contributed by atoms with Crippen molar-refractivity contribution in [1.29, 1.82) is 0 Å². The number of halogens is 1. The van der Waals surface area contributed by atoms with Crippen LogP contribution in [0.15, 0.2) is 24.3 Å². The Morgan fingerprint density at radius 3 is 2.43 bits per heavy atom. The lowest BCUT2D eigenvalue weighted by molar-refractivity contribution is 0.162. The third kappa shape index (κ3) is 3.81. The Balaban J connectivity index is 2.53. The normalized spacial score (nSPS) is 12.8. The zero-order valence-corrected chi connectivity index (χ0v) is 10.4. The fourth-order valence-electron chi connectivity index (χ4n) is 1.45. The highest BCUT2D eigenvalue weighted by Gasteiger charge is 2.07. The predicted molar refractivity (Wildman–Crippen MR) is 64.0 cm³/mol. The third-order valence-electron chi connectivity index (χ3n) is 2.27. The second kappa shape index (κ2) is 6.20. The number of alkyl halides is 1. The van der Waals surface area contributed by atoms with Gasteiger partial charge in [0.15, 0.2) is 0 Å². The molecule has 0 aliphatic carbocycles. The molecule has 0 radical (unpaired) electrons. The van der Waals surface area contributed by atoms with E-state index >= 15 is 0 Å². The first-order valence-corrected chi connectivity index (χ1v) is 5.99. The van der Waals surface area contributed by atoms with Crippen molar-refractivity contribution in [3.05, 3.63) is 35.4 Å². The molecular weight excluding hydrogens is 240 g/mol. The van der Waals surface area contributed by atoms with Crippen LogP contribution in [0.2, 0.25) is 0 Å². The summed E-state index contributed by atoms with van der Waals surface area (Å²) in [5, 5.41) is 0.995. The van der Waals surface area contributed by atoms with E-state index in [0.29, 0.717) is 5.92 Å². The SMILES string of the molecule is COCC(CBr)Cc1ccc(C)cc1. The van der Waals surface area contributed by atoms with Gasteiger partial charge >= 0.3 is 0 Å². The highest BCUT2D eigenvalue weighted by Crippen LogP contribution is 2.12. The molecular formula is C12H17BrO. The van der Waals surface area contributed by atoms with Gasteiger partial charge in [0, 0.05) is 12.4 Å². The largest absolute Gasteiger partial charge is 0.384 e. The number of benzene rings is 1. The Bertz CT molecular complexity index is 256. The van der Waals surface area contributed by atoms with Crippen molar-refractivity contribution in [3.8, 4) is 0 Å². The van der Waals surface area contributed by atoms with Crippen LogP contribution in [0.5, 0.6) is 0 Å². The Kier molecular flexibility index (Phi) is 5.20. The highest BCUT2D eigenvalue weighted by atomic mass is 79.9. The first-order valence-electron chi connectivity index (χ1n) is 4.86. The van der Waals surface area contributed by atoms with Crippen LogP contribution in [0.1, 0.15) is 11.1 Å². The van der Waals surface area contributed by atoms with Crippen molar-refractivity contribution in [1.82, 2.24) is 0 Å². The smallest absolute Gasteiger partial charge is 0.0501 e. The number of hydrogen-bond donors (Lipinski definition) is 0. The highest BCUT2D eigenvalue weighted by molar-refractivity contribution is 9.09. The number of rotatable bonds is 5. The van der Waals surface area contributed by atoms with E-state index in [1.807, 2.05) is 0 Å². The van der Waals surface area contributed by atoms with E-state index in [2.05, 4.69) is 47.1 Å². The number of methoxy groups -OCH3 is 1. The van der Waals surface area contributed by atoms with Crippen molar-refractivity contribution < 1.29 is 4.74 Å². The summed E-state index contributed by atoms with van der Waals surface area (Å²) in [6.07, 6.45) is 1.08. The molecule has 0 spiro atoms. The van der Waals surface area contributed by atoms with E-state index in [4.69, 9.17) is 4.74 Å². The zero-order valence-electron chi connectivity index (χ0n) is 8.79. The first kappa shape index (κ1) is 11.7. The molecule has 0 amide bonds. The quantitative estimate of drug-likeness (QED) is 0.736. The van der Waals surface area contributed by atoms with Gasteiger partial charge in [-0.3, -0.25) is 0 Å². The number of hydrogen-bond acceptors (Lipinski definition) is 1. The summed E-state index contributed by atoms with van der Waals surface area (Å²) in [6, 6.07) is 8.71. The number of ether oxygens (including phenoxy) is 1. The molecule has 78 valence electrons. The molecule has 0 saturated carbocycles. The molecule has 1 unspecified atom stereocenters. The van der Waals surface area contributed by atoms with Crippen molar-refractivity contribution in [3.63, 3.8) is 0 Å². The molecule has 1 nitrogen and oxygen atoms in total. The summed E-state index contributed by atoms with van der Waals surface area (Å²) >= 11 is 3.51. The number of aryl methyl sites for hydroxylation is 1. The van der Waals surface area contributed by atoms with Gasteiger partial charge in [0.2, 0.25) is 0 Å². The standard InChI is InChI=1S/C12H17BrO/c1-10-3-5-11(6-4-10)7-12(8-13)9-14-2/h3-6,12H,7-9H2,1-2H3. The van der Waals surface area contributed by atoms with E-state index in [1.54, 1.807) is 7.11 Å². The van der Waals surface area contributed by atoms with Crippen molar-refractivity contribution in [2.45, 2.75) is 13.3 Å². The molecule has 0 fully saturated rings. The van der Waals surface area contributed by atoms with E-state index in [-0.39, 0.29) is 0 Å². The van der Waals surface area contributed by atoms with Crippen LogP contribution in [0, 0.1) is 12.8 Å². The Morgan fingerprint density at radius 2 is 1.93 bits per heavy atom. The molecule has 14 heavy (non-hydrogen) atoms. The average Bonchev–Trinajstić information content (AvgIpc) is 2.20. The minimum Gasteiger partial charge on any atom is -0.384 e. The summed E-state index contributed by atoms with van der Waals surface area (Å²) < 4.78 is 5.16. The minimum atomic E-state index is 0.572. The van der Waals surface area contributed by atoms with E-state index in [0.717, 1.165) is 18.4 Å². The van der Waals surface area contributed by atoms with Gasteiger partial charge < -0.3 is 4.74 Å². The summed E-state index contributed by atoms with van der Waals surface area (Å²) in [5.41, 5.74) is 2.70. The zero-order chi connectivity index (χ0) is 10.4. The van der Waals surface area contributed by atoms with Gasteiger partial charge in [-0.25, -0.2) is 0 Å². The molecule has 0 bridgehead atoms. The molecule has 0 aliphatic rings. The summed E-state index contributed by atoms with van der Waals surface area (Å²) in [6.45, 7) is 2.93. The van der Waals surface area contributed by atoms with E-state index in [9.17, 15) is 0 Å². The van der Waals surface area contributed by atoms with Crippen LogP contribution < -0.4 is 0 Å². The summed E-state index contributed by atoms with van der Waals surface area (Å²) in [4.78, 5) is 0. The van der Waals surface area contributed by atoms with Gasteiger partial charge in [0.25, 0.3) is 0 Å².